The molecule has 4 N–H and O–H groups in total. The summed E-state index contributed by atoms with van der Waals surface area (Å²) in [5.41, 5.74) is 2.63. The summed E-state index contributed by atoms with van der Waals surface area (Å²) >= 11 is 0. The van der Waals surface area contributed by atoms with Crippen LogP contribution in [0.5, 0.6) is 23.0 Å². The SMILES string of the molecule is [B]c1cc(C(C)(c2ccc(C(C)(c3cc([B])c(O)c([B])c3)c3cc([B])c(O)c([B])c3)cc2)c2cc([B])c(O)c([B])c2)cc([B])c1O. The minimum atomic E-state index is -0.998. The van der Waals surface area contributed by atoms with Gasteiger partial charge in [-0.05, 0) is 47.2 Å². The van der Waals surface area contributed by atoms with Crippen LogP contribution in [0.4, 0.5) is 0 Å². The van der Waals surface area contributed by atoms with Crippen LogP contribution in [0.3, 0.4) is 0 Å². The van der Waals surface area contributed by atoms with Crippen molar-refractivity contribution in [1.29, 1.82) is 0 Å². The average Bonchev–Trinajstić information content (AvgIpc) is 3.02. The van der Waals surface area contributed by atoms with Crippen LogP contribution in [-0.2, 0) is 10.8 Å². The van der Waals surface area contributed by atoms with Gasteiger partial charge in [0.2, 0.25) is 0 Å². The normalized spacial score (nSPS) is 11.9. The van der Waals surface area contributed by atoms with E-state index in [1.54, 1.807) is 48.5 Å². The maximum absolute atomic E-state index is 10.3. The highest BCUT2D eigenvalue weighted by molar-refractivity contribution is 6.43. The third kappa shape index (κ3) is 5.36. The predicted octanol–water partition coefficient (Wildman–Crippen LogP) is -2.43. The van der Waals surface area contributed by atoms with Crippen LogP contribution in [-0.4, -0.2) is 83.2 Å². The lowest BCUT2D eigenvalue weighted by atomic mass is 9.64. The number of benzene rings is 5. The van der Waals surface area contributed by atoms with Gasteiger partial charge < -0.3 is 20.4 Å². The molecule has 5 aromatic rings. The van der Waals surface area contributed by atoms with Gasteiger partial charge in [0, 0.05) is 10.8 Å². The summed E-state index contributed by atoms with van der Waals surface area (Å²) in [4.78, 5) is 0. The second-order valence-corrected chi connectivity index (χ2v) is 11.8. The van der Waals surface area contributed by atoms with Crippen LogP contribution in [0.2, 0.25) is 0 Å². The minimum Gasteiger partial charge on any atom is -0.509 e. The van der Waals surface area contributed by atoms with Crippen molar-refractivity contribution in [3.05, 3.63) is 106 Å². The van der Waals surface area contributed by atoms with Gasteiger partial charge in [0.05, 0.1) is 0 Å². The molecule has 46 heavy (non-hydrogen) atoms. The Labute approximate surface area is 280 Å². The van der Waals surface area contributed by atoms with E-state index < -0.39 is 10.8 Å². The van der Waals surface area contributed by atoms with Crippen molar-refractivity contribution < 1.29 is 20.4 Å². The van der Waals surface area contributed by atoms with Gasteiger partial charge in [0.15, 0.2) is 0 Å². The molecule has 0 amide bonds. The molecule has 0 aliphatic heterocycles. The fourth-order valence-corrected chi connectivity index (χ4v) is 6.01. The molecule has 0 saturated heterocycles. The summed E-state index contributed by atoms with van der Waals surface area (Å²) in [6.07, 6.45) is 0. The lowest BCUT2D eigenvalue weighted by molar-refractivity contribution is 0.482. The summed E-state index contributed by atoms with van der Waals surface area (Å²) in [7, 11) is 49.1. The molecule has 16 radical (unpaired) electrons. The second kappa shape index (κ2) is 11.9. The molecule has 0 aromatic heterocycles. The van der Waals surface area contributed by atoms with Crippen molar-refractivity contribution in [3.8, 4) is 23.0 Å². The Morgan fingerprint density at radius 1 is 0.326 bits per heavy atom. The van der Waals surface area contributed by atoms with E-state index in [1.807, 2.05) is 38.1 Å². The lowest BCUT2D eigenvalue weighted by Gasteiger charge is -2.36. The minimum absolute atomic E-state index is 0.0789. The zero-order chi connectivity index (χ0) is 33.9. The summed E-state index contributed by atoms with van der Waals surface area (Å²) < 4.78 is 0. The first kappa shape index (κ1) is 33.2. The Balaban J connectivity index is 1.78. The Kier molecular flexibility index (Phi) is 8.57. The van der Waals surface area contributed by atoms with Crippen LogP contribution < -0.4 is 43.7 Å². The maximum atomic E-state index is 10.3. The van der Waals surface area contributed by atoms with Gasteiger partial charge in [0.25, 0.3) is 0 Å². The van der Waals surface area contributed by atoms with Crippen LogP contribution in [0, 0.1) is 0 Å². The average molecular weight is 581 g/mol. The highest BCUT2D eigenvalue weighted by atomic mass is 16.3. The Hall–Kier alpha value is -4.18. The standard InChI is InChI=1S/C34H22B8O4/c1-33(17-7-21(35)29(43)22(36)8-17,18-9-23(37)30(44)24(38)10-18)15-3-5-16(6-4-15)34(2,19-11-25(39)31(45)26(40)12-19)20-13-27(41)32(46)28(42)14-20/h3-14,43-46H,1-2H3. The van der Waals surface area contributed by atoms with E-state index in [-0.39, 0.29) is 66.7 Å². The first-order valence-corrected chi connectivity index (χ1v) is 14.1. The molecule has 0 aliphatic rings. The van der Waals surface area contributed by atoms with E-state index in [1.165, 1.54) is 0 Å². The van der Waals surface area contributed by atoms with Gasteiger partial charge in [-0.3, -0.25) is 0 Å². The van der Waals surface area contributed by atoms with Crippen molar-refractivity contribution in [1.82, 2.24) is 0 Å². The molecule has 5 aromatic carbocycles. The molecule has 0 unspecified atom stereocenters. The van der Waals surface area contributed by atoms with Crippen LogP contribution >= 0.6 is 0 Å². The van der Waals surface area contributed by atoms with Crippen molar-refractivity contribution in [2.75, 3.05) is 0 Å². The molecule has 206 valence electrons. The van der Waals surface area contributed by atoms with E-state index >= 15 is 0 Å². The molecule has 0 bridgehead atoms. The topological polar surface area (TPSA) is 80.9 Å². The zero-order valence-corrected chi connectivity index (χ0v) is 25.3. The Morgan fingerprint density at radius 3 is 0.630 bits per heavy atom. The molecule has 4 nitrogen and oxygen atoms in total. The monoisotopic (exact) mass is 582 g/mol. The van der Waals surface area contributed by atoms with E-state index in [4.69, 9.17) is 62.8 Å². The predicted molar refractivity (Wildman–Crippen MR) is 193 cm³/mol. The Bertz CT molecular complexity index is 1660. The van der Waals surface area contributed by atoms with E-state index in [0.717, 1.165) is 11.1 Å². The van der Waals surface area contributed by atoms with Gasteiger partial charge in [-0.2, -0.15) is 0 Å². The molecule has 5 rings (SSSR count). The molecule has 12 heteroatoms. The van der Waals surface area contributed by atoms with Gasteiger partial charge in [-0.1, -0.05) is 116 Å². The lowest BCUT2D eigenvalue weighted by Crippen LogP contribution is -2.33. The first-order chi connectivity index (χ1) is 21.5. The highest BCUT2D eigenvalue weighted by Crippen LogP contribution is 2.42. The van der Waals surface area contributed by atoms with Gasteiger partial charge in [-0.15, -0.1) is 0 Å². The number of phenolic OH excluding ortho intramolecular Hbond substituents is 4. The first-order valence-electron chi connectivity index (χ1n) is 14.1. The van der Waals surface area contributed by atoms with Crippen molar-refractivity contribution in [2.45, 2.75) is 24.7 Å². The quantitative estimate of drug-likeness (QED) is 0.133. The fourth-order valence-electron chi connectivity index (χ4n) is 6.01. The van der Waals surface area contributed by atoms with Crippen LogP contribution in [0.25, 0.3) is 0 Å². The van der Waals surface area contributed by atoms with Crippen LogP contribution in [0.15, 0.2) is 72.8 Å². The molecular formula is C34H22B8O4. The number of hydrogen-bond acceptors (Lipinski definition) is 4. The molecule has 0 saturated carbocycles. The zero-order valence-electron chi connectivity index (χ0n) is 25.3. The third-order valence-electron chi connectivity index (χ3n) is 9.02. The van der Waals surface area contributed by atoms with Crippen molar-refractivity contribution >= 4 is 106 Å². The van der Waals surface area contributed by atoms with Gasteiger partial charge in [-0.25, -0.2) is 0 Å². The maximum Gasteiger partial charge on any atom is 0.118 e. The fraction of sp³-hybridized carbons (Fsp3) is 0.118. The van der Waals surface area contributed by atoms with Gasteiger partial charge in [0.1, 0.15) is 85.8 Å². The second-order valence-electron chi connectivity index (χ2n) is 11.8. The highest BCUT2D eigenvalue weighted by Gasteiger charge is 2.36. The summed E-state index contributed by atoms with van der Waals surface area (Å²) in [5.74, 6) is -0.938. The molecule has 0 atom stereocenters. The largest absolute Gasteiger partial charge is 0.509 e. The molecule has 0 heterocycles. The van der Waals surface area contributed by atoms with E-state index in [2.05, 4.69) is 0 Å². The molecule has 0 spiro atoms. The van der Waals surface area contributed by atoms with Crippen molar-refractivity contribution in [2.24, 2.45) is 0 Å². The van der Waals surface area contributed by atoms with Gasteiger partial charge >= 0.3 is 0 Å². The third-order valence-corrected chi connectivity index (χ3v) is 9.02. The summed E-state index contributed by atoms with van der Waals surface area (Å²) in [5, 5.41) is 41.3. The number of phenols is 4. The smallest absolute Gasteiger partial charge is 0.118 e. The summed E-state index contributed by atoms with van der Waals surface area (Å²) in [6, 6.07) is 20.5. The molecule has 0 fully saturated rings. The van der Waals surface area contributed by atoms with Crippen LogP contribution in [0.1, 0.15) is 47.2 Å². The van der Waals surface area contributed by atoms with E-state index in [9.17, 15) is 20.4 Å². The summed E-state index contributed by atoms with van der Waals surface area (Å²) in [6.45, 7) is 3.83. The molecular weight excluding hydrogens is 559 g/mol. The van der Waals surface area contributed by atoms with Crippen molar-refractivity contribution in [3.63, 3.8) is 0 Å². The Morgan fingerprint density at radius 2 is 0.478 bits per heavy atom. The van der Waals surface area contributed by atoms with E-state index in [0.29, 0.717) is 22.3 Å². The number of aromatic hydroxyl groups is 4. The number of hydrogen-bond donors (Lipinski definition) is 4. The molecule has 0 aliphatic carbocycles. The number of rotatable bonds is 6.